The van der Waals surface area contributed by atoms with Crippen LogP contribution >= 0.6 is 11.8 Å². The number of carbonyl (C=O) groups is 6. The number of amidine groups is 2. The lowest BCUT2D eigenvalue weighted by molar-refractivity contribution is -0.192. The fraction of sp³-hybridized carbons (Fsp3) is 0.214. The van der Waals surface area contributed by atoms with Crippen LogP contribution in [-0.2, 0) is 32.1 Å². The number of halogens is 3. The van der Waals surface area contributed by atoms with Crippen molar-refractivity contribution in [3.05, 3.63) is 165 Å². The highest BCUT2D eigenvalue weighted by Gasteiger charge is 2.38. The molecule has 10 N–H and O–H groups in total. The number of hydrogen-bond donors (Lipinski definition) is 10. The van der Waals surface area contributed by atoms with Crippen molar-refractivity contribution in [3.8, 4) is 11.5 Å². The van der Waals surface area contributed by atoms with Crippen LogP contribution in [0.3, 0.4) is 0 Å². The van der Waals surface area contributed by atoms with E-state index in [1.54, 1.807) is 66.3 Å². The number of thioether (sulfide) groups is 1. The van der Waals surface area contributed by atoms with Crippen LogP contribution in [-0.4, -0.2) is 125 Å². The van der Waals surface area contributed by atoms with Crippen LogP contribution in [0.25, 0.3) is 6.08 Å². The molecule has 5 amide bonds. The number of anilines is 5. The second-order valence-electron chi connectivity index (χ2n) is 18.0. The Kier molecular flexibility index (Phi) is 19.7. The molecule has 9 rings (SSSR count). The molecule has 0 saturated carbocycles. The summed E-state index contributed by atoms with van der Waals surface area (Å²) in [5.74, 6) is -2.70. The number of aryl methyl sites for hydroxylation is 1. The molecular formula is C56H54F3N13O10S. The SMILES string of the molecule is CCOC(=O)C1=C(Nc2ccccc2)S/C(=C\c2ccc(OCCCn3cc(CCNC(=O)c4cc(NC(=O)Nc5ccc(C6=NCCN6)cc5)cc(NC(=O)Nc5ccc(C6=NCCN6)cc5)c4)nn3)c(O)c2)C1=O.O=C(O)C(F)(F)F. The van der Waals surface area contributed by atoms with Gasteiger partial charge in [0, 0.05) is 90.3 Å². The summed E-state index contributed by atoms with van der Waals surface area (Å²) in [7, 11) is 0. The standard InChI is InChI=1S/C54H53N13O8S.C2HF3O2/c1-2-74-52(71)46-47(69)45(76-51(46)60-37-7-4-3-5-8-37)28-33-9-18-44(43(68)27-33)75-26-6-25-67-32-40(65-66-67)19-20-59-50(70)36-29-41(63-53(72)61-38-14-10-34(11-15-38)48-55-21-22-56-48)31-42(30-36)64-54(73)62-39-16-12-35(13-17-39)49-57-23-24-58-49;3-2(4,5)1(6)7/h3-5,7-18,27-32,60,68H,2,6,19-26H2,1H3,(H,55,56)(H,57,58)(H,59,70)(H2,61,63,72)(H2,62,64,73);(H,6,7)/b45-28-;. The van der Waals surface area contributed by atoms with E-state index in [-0.39, 0.29) is 58.7 Å². The number of nitrogens with zero attached hydrogens (tertiary/aromatic N) is 5. The number of rotatable bonds is 20. The molecule has 27 heteroatoms. The minimum atomic E-state index is -5.08. The molecule has 0 radical (unpaired) electrons. The van der Waals surface area contributed by atoms with Crippen molar-refractivity contribution in [2.24, 2.45) is 9.98 Å². The molecule has 83 heavy (non-hydrogen) atoms. The molecule has 0 aliphatic carbocycles. The number of Topliss-reactive ketones (excluding diaryl/α,β-unsaturated/α-hetero) is 1. The second-order valence-corrected chi connectivity index (χ2v) is 19.0. The van der Waals surface area contributed by atoms with Crippen molar-refractivity contribution in [2.45, 2.75) is 32.5 Å². The Labute approximate surface area is 475 Å². The molecular weight excluding hydrogens is 1100 g/mol. The number of amides is 5. The summed E-state index contributed by atoms with van der Waals surface area (Å²) in [5, 5.41) is 50.4. The van der Waals surface area contributed by atoms with E-state index in [0.29, 0.717) is 65.8 Å². The minimum Gasteiger partial charge on any atom is -0.504 e. The number of esters is 1. The topological polar surface area (TPSA) is 313 Å². The van der Waals surface area contributed by atoms with Crippen LogP contribution < -0.4 is 47.3 Å². The van der Waals surface area contributed by atoms with Gasteiger partial charge >= 0.3 is 30.2 Å². The number of para-hydroxylation sites is 1. The lowest BCUT2D eigenvalue weighted by Crippen LogP contribution is -2.27. The summed E-state index contributed by atoms with van der Waals surface area (Å²) < 4.78 is 44.4. The number of hydrogen-bond acceptors (Lipinski definition) is 17. The average Bonchev–Trinajstić information content (AvgIpc) is 4.53. The fourth-order valence-corrected chi connectivity index (χ4v) is 9.08. The third-order valence-electron chi connectivity index (χ3n) is 11.9. The van der Waals surface area contributed by atoms with Crippen LogP contribution in [0.4, 0.5) is 51.2 Å². The number of phenols is 1. The predicted octanol–water partition coefficient (Wildman–Crippen LogP) is 7.59. The number of allylic oxidation sites excluding steroid dienone is 1. The molecule has 4 heterocycles. The number of ether oxygens (including phenoxy) is 2. The molecule has 0 unspecified atom stereocenters. The molecule has 3 aliphatic rings. The lowest BCUT2D eigenvalue weighted by atomic mass is 10.1. The summed E-state index contributed by atoms with van der Waals surface area (Å²) in [4.78, 5) is 84.3. The molecule has 1 aromatic heterocycles. The Hall–Kier alpha value is -10.2. The van der Waals surface area contributed by atoms with Gasteiger partial charge in [0.25, 0.3) is 5.91 Å². The molecule has 0 atom stereocenters. The number of carbonyl (C=O) groups excluding carboxylic acids is 5. The van der Waals surface area contributed by atoms with E-state index in [1.165, 1.54) is 18.2 Å². The number of benzene rings is 5. The highest BCUT2D eigenvalue weighted by atomic mass is 32.2. The summed E-state index contributed by atoms with van der Waals surface area (Å²) >= 11 is 1.11. The van der Waals surface area contributed by atoms with E-state index >= 15 is 0 Å². The molecule has 0 saturated heterocycles. The average molecular weight is 1160 g/mol. The van der Waals surface area contributed by atoms with E-state index in [2.05, 4.69) is 62.8 Å². The lowest BCUT2D eigenvalue weighted by Gasteiger charge is -2.14. The van der Waals surface area contributed by atoms with Gasteiger partial charge < -0.3 is 62.2 Å². The highest BCUT2D eigenvalue weighted by Crippen LogP contribution is 2.41. The zero-order chi connectivity index (χ0) is 58.9. The fourth-order valence-electron chi connectivity index (χ4n) is 8.03. The summed E-state index contributed by atoms with van der Waals surface area (Å²) in [6.45, 7) is 5.63. The Morgan fingerprint density at radius 2 is 1.36 bits per heavy atom. The van der Waals surface area contributed by atoms with E-state index in [1.807, 2.05) is 54.6 Å². The van der Waals surface area contributed by atoms with Crippen molar-refractivity contribution in [2.75, 3.05) is 72.5 Å². The number of carboxylic acids is 1. The van der Waals surface area contributed by atoms with Crippen molar-refractivity contribution in [1.82, 2.24) is 30.9 Å². The maximum absolute atomic E-state index is 13.6. The Morgan fingerprint density at radius 1 is 0.771 bits per heavy atom. The number of aromatic hydroxyl groups is 1. The molecule has 3 aliphatic heterocycles. The third kappa shape index (κ3) is 16.9. The molecule has 6 aromatic rings. The van der Waals surface area contributed by atoms with Crippen molar-refractivity contribution in [1.29, 1.82) is 0 Å². The number of nitrogens with one attached hydrogen (secondary N) is 8. The monoisotopic (exact) mass is 1160 g/mol. The zero-order valence-electron chi connectivity index (χ0n) is 44.1. The number of carboxylic acid groups (broad SMARTS) is 1. The van der Waals surface area contributed by atoms with E-state index in [0.717, 1.165) is 47.6 Å². The predicted molar refractivity (Wildman–Crippen MR) is 306 cm³/mol. The molecule has 0 fully saturated rings. The Bertz CT molecular complexity index is 3400. The van der Waals surface area contributed by atoms with E-state index < -0.39 is 41.9 Å². The van der Waals surface area contributed by atoms with Crippen LogP contribution in [0.15, 0.2) is 147 Å². The second kappa shape index (κ2) is 27.8. The van der Waals surface area contributed by atoms with Gasteiger partial charge in [0.15, 0.2) is 11.5 Å². The number of aliphatic carboxylic acids is 1. The van der Waals surface area contributed by atoms with E-state index in [9.17, 15) is 42.3 Å². The van der Waals surface area contributed by atoms with Gasteiger partial charge in [-0.25, -0.2) is 19.2 Å². The summed E-state index contributed by atoms with van der Waals surface area (Å²) in [6, 6.07) is 31.8. The molecule has 0 bridgehead atoms. The van der Waals surface area contributed by atoms with Crippen LogP contribution in [0.5, 0.6) is 11.5 Å². The smallest absolute Gasteiger partial charge is 0.490 e. The maximum atomic E-state index is 13.6. The van der Waals surface area contributed by atoms with Gasteiger partial charge in [0.1, 0.15) is 17.2 Å². The van der Waals surface area contributed by atoms with Crippen molar-refractivity contribution < 1.29 is 61.6 Å². The third-order valence-corrected chi connectivity index (χ3v) is 12.9. The number of alkyl halides is 3. The van der Waals surface area contributed by atoms with Crippen LogP contribution in [0.2, 0.25) is 0 Å². The summed E-state index contributed by atoms with van der Waals surface area (Å²) in [6.07, 6.45) is -0.848. The van der Waals surface area contributed by atoms with Crippen LogP contribution in [0, 0.1) is 0 Å². The number of urea groups is 2. The number of phenolic OH excluding ortho intramolecular Hbond substituents is 1. The quantitative estimate of drug-likeness (QED) is 0.0152. The molecule has 23 nitrogen and oxygen atoms in total. The Morgan fingerprint density at radius 3 is 1.90 bits per heavy atom. The van der Waals surface area contributed by atoms with Gasteiger partial charge in [-0.15, -0.1) is 5.10 Å². The molecule has 430 valence electrons. The minimum absolute atomic E-state index is 0.0840. The first kappa shape index (κ1) is 59.0. The number of ketones is 1. The van der Waals surface area contributed by atoms with Gasteiger partial charge in [0.2, 0.25) is 5.78 Å². The zero-order valence-corrected chi connectivity index (χ0v) is 45.0. The van der Waals surface area contributed by atoms with Gasteiger partial charge in [-0.2, -0.15) is 13.2 Å². The first-order valence-corrected chi connectivity index (χ1v) is 26.5. The molecule has 5 aromatic carbocycles. The van der Waals surface area contributed by atoms with Gasteiger partial charge in [-0.05, 0) is 110 Å². The van der Waals surface area contributed by atoms with E-state index in [4.69, 9.17) is 19.4 Å². The number of aromatic nitrogens is 3. The first-order valence-electron chi connectivity index (χ1n) is 25.7. The Balaban J connectivity index is 0.00000121. The first-order chi connectivity index (χ1) is 40.0. The molecule has 0 spiro atoms. The van der Waals surface area contributed by atoms with Crippen molar-refractivity contribution in [3.63, 3.8) is 0 Å². The highest BCUT2D eigenvalue weighted by molar-refractivity contribution is 8.08. The largest absolute Gasteiger partial charge is 0.504 e. The van der Waals surface area contributed by atoms with Crippen molar-refractivity contribution >= 4 is 93.6 Å². The number of aliphatic imine (C=N–C) groups is 2. The van der Waals surface area contributed by atoms with Gasteiger partial charge in [-0.1, -0.05) is 41.2 Å². The summed E-state index contributed by atoms with van der Waals surface area (Å²) in [5.41, 5.74) is 5.32. The van der Waals surface area contributed by atoms with Gasteiger partial charge in [-0.3, -0.25) is 24.3 Å². The van der Waals surface area contributed by atoms with Crippen LogP contribution in [0.1, 0.15) is 46.1 Å². The normalized spacial score (nSPS) is 14.0. The van der Waals surface area contributed by atoms with Gasteiger partial charge in [0.05, 0.1) is 41.9 Å². The maximum Gasteiger partial charge on any atom is 0.490 e.